The van der Waals surface area contributed by atoms with Crippen molar-refractivity contribution in [3.63, 3.8) is 0 Å². The molecule has 0 unspecified atom stereocenters. The van der Waals surface area contributed by atoms with E-state index in [1.165, 1.54) is 0 Å². The molecule has 0 aliphatic carbocycles. The van der Waals surface area contributed by atoms with E-state index in [2.05, 4.69) is 0 Å². The summed E-state index contributed by atoms with van der Waals surface area (Å²) >= 11 is 0. The summed E-state index contributed by atoms with van der Waals surface area (Å²) in [6.45, 7) is 4.29. The Morgan fingerprint density at radius 3 is 2.27 bits per heavy atom. The lowest BCUT2D eigenvalue weighted by Gasteiger charge is -2.16. The minimum absolute atomic E-state index is 0.332. The molecule has 0 atom stereocenters. The molecule has 0 saturated heterocycles. The summed E-state index contributed by atoms with van der Waals surface area (Å²) in [7, 11) is 1.64. The second-order valence-electron chi connectivity index (χ2n) is 4.15. The van der Waals surface area contributed by atoms with E-state index in [0.29, 0.717) is 13.2 Å². The van der Waals surface area contributed by atoms with Crippen molar-refractivity contribution in [3.8, 4) is 5.75 Å². The molecule has 0 aromatic heterocycles. The molecule has 15 heavy (non-hydrogen) atoms. The van der Waals surface area contributed by atoms with Crippen molar-refractivity contribution in [2.45, 2.75) is 26.1 Å². The van der Waals surface area contributed by atoms with Crippen LogP contribution in [0.25, 0.3) is 0 Å². The summed E-state index contributed by atoms with van der Waals surface area (Å²) < 4.78 is 10.4. The number of rotatable bonds is 5. The van der Waals surface area contributed by atoms with Gasteiger partial charge in [0.25, 0.3) is 0 Å². The van der Waals surface area contributed by atoms with E-state index < -0.39 is 5.60 Å². The lowest BCUT2D eigenvalue weighted by molar-refractivity contribution is -0.0268. The first-order valence-electron chi connectivity index (χ1n) is 4.94. The predicted molar refractivity (Wildman–Crippen MR) is 58.9 cm³/mol. The van der Waals surface area contributed by atoms with E-state index in [1.807, 2.05) is 24.3 Å². The molecule has 0 radical (unpaired) electrons. The van der Waals surface area contributed by atoms with Gasteiger partial charge in [0.05, 0.1) is 25.9 Å². The van der Waals surface area contributed by atoms with Crippen molar-refractivity contribution in [1.29, 1.82) is 0 Å². The van der Waals surface area contributed by atoms with Gasteiger partial charge in [0.2, 0.25) is 0 Å². The van der Waals surface area contributed by atoms with Gasteiger partial charge < -0.3 is 14.6 Å². The number of ether oxygens (including phenoxy) is 2. The fourth-order valence-corrected chi connectivity index (χ4v) is 1.14. The van der Waals surface area contributed by atoms with Gasteiger partial charge in [-0.2, -0.15) is 0 Å². The molecule has 0 aliphatic heterocycles. The molecule has 0 heterocycles. The lowest BCUT2D eigenvalue weighted by Crippen LogP contribution is -2.25. The second kappa shape index (κ2) is 5.14. The van der Waals surface area contributed by atoms with Gasteiger partial charge in [-0.3, -0.25) is 0 Å². The van der Waals surface area contributed by atoms with Crippen LogP contribution in [0, 0.1) is 0 Å². The van der Waals surface area contributed by atoms with Crippen molar-refractivity contribution >= 4 is 0 Å². The average Bonchev–Trinajstić information content (AvgIpc) is 2.17. The van der Waals surface area contributed by atoms with Gasteiger partial charge in [-0.1, -0.05) is 12.1 Å². The largest absolute Gasteiger partial charge is 0.497 e. The van der Waals surface area contributed by atoms with E-state index >= 15 is 0 Å². The summed E-state index contributed by atoms with van der Waals surface area (Å²) in [5, 5.41) is 9.43. The summed E-state index contributed by atoms with van der Waals surface area (Å²) in [6, 6.07) is 7.68. The van der Waals surface area contributed by atoms with Crippen LogP contribution in [0.3, 0.4) is 0 Å². The summed E-state index contributed by atoms with van der Waals surface area (Å²) in [4.78, 5) is 0. The van der Waals surface area contributed by atoms with E-state index in [9.17, 15) is 5.11 Å². The Balaban J connectivity index is 2.38. The van der Waals surface area contributed by atoms with Crippen LogP contribution in [0.2, 0.25) is 0 Å². The van der Waals surface area contributed by atoms with Gasteiger partial charge >= 0.3 is 0 Å². The van der Waals surface area contributed by atoms with E-state index in [-0.39, 0.29) is 0 Å². The van der Waals surface area contributed by atoms with Gasteiger partial charge in [0.15, 0.2) is 0 Å². The average molecular weight is 210 g/mol. The second-order valence-corrected chi connectivity index (χ2v) is 4.15. The monoisotopic (exact) mass is 210 g/mol. The summed E-state index contributed by atoms with van der Waals surface area (Å²) in [6.07, 6.45) is 0. The molecule has 0 spiro atoms. The standard InChI is InChI=1S/C12H18O3/c1-12(2,13)9-15-8-10-4-6-11(14-3)7-5-10/h4-7,13H,8-9H2,1-3H3. The van der Waals surface area contributed by atoms with Crippen molar-refractivity contribution < 1.29 is 14.6 Å². The summed E-state index contributed by atoms with van der Waals surface area (Å²) in [5.41, 5.74) is 0.298. The Morgan fingerprint density at radius 1 is 1.20 bits per heavy atom. The number of hydrogen-bond donors (Lipinski definition) is 1. The molecule has 0 fully saturated rings. The zero-order valence-electron chi connectivity index (χ0n) is 9.49. The maximum absolute atomic E-state index is 9.43. The van der Waals surface area contributed by atoms with Crippen LogP contribution in [-0.2, 0) is 11.3 Å². The lowest BCUT2D eigenvalue weighted by atomic mass is 10.2. The van der Waals surface area contributed by atoms with Crippen LogP contribution >= 0.6 is 0 Å². The number of aliphatic hydroxyl groups is 1. The van der Waals surface area contributed by atoms with E-state index in [1.54, 1.807) is 21.0 Å². The fourth-order valence-electron chi connectivity index (χ4n) is 1.14. The third-order valence-electron chi connectivity index (χ3n) is 1.88. The van der Waals surface area contributed by atoms with Crippen LogP contribution in [0.5, 0.6) is 5.75 Å². The van der Waals surface area contributed by atoms with Crippen LogP contribution < -0.4 is 4.74 Å². The van der Waals surface area contributed by atoms with E-state index in [4.69, 9.17) is 9.47 Å². The Morgan fingerprint density at radius 2 is 1.80 bits per heavy atom. The minimum Gasteiger partial charge on any atom is -0.497 e. The molecule has 0 aliphatic rings. The van der Waals surface area contributed by atoms with Crippen LogP contribution in [0.15, 0.2) is 24.3 Å². The van der Waals surface area contributed by atoms with Gasteiger partial charge in [-0.15, -0.1) is 0 Å². The molecule has 84 valence electrons. The smallest absolute Gasteiger partial charge is 0.118 e. The van der Waals surface area contributed by atoms with E-state index in [0.717, 1.165) is 11.3 Å². The van der Waals surface area contributed by atoms with Gasteiger partial charge in [0, 0.05) is 0 Å². The Kier molecular flexibility index (Phi) is 4.12. The van der Waals surface area contributed by atoms with Gasteiger partial charge in [0.1, 0.15) is 5.75 Å². The fraction of sp³-hybridized carbons (Fsp3) is 0.500. The predicted octanol–water partition coefficient (Wildman–Crippen LogP) is 1.98. The SMILES string of the molecule is COc1ccc(COCC(C)(C)O)cc1. The minimum atomic E-state index is -0.771. The highest BCUT2D eigenvalue weighted by molar-refractivity contribution is 5.26. The molecule has 0 bridgehead atoms. The molecule has 3 heteroatoms. The molecule has 1 aromatic rings. The third-order valence-corrected chi connectivity index (χ3v) is 1.88. The number of benzene rings is 1. The van der Waals surface area contributed by atoms with Crippen molar-refractivity contribution in [1.82, 2.24) is 0 Å². The topological polar surface area (TPSA) is 38.7 Å². The molecule has 3 nitrogen and oxygen atoms in total. The zero-order valence-corrected chi connectivity index (χ0v) is 9.49. The van der Waals surface area contributed by atoms with Crippen molar-refractivity contribution in [2.24, 2.45) is 0 Å². The van der Waals surface area contributed by atoms with Crippen LogP contribution in [0.4, 0.5) is 0 Å². The normalized spacial score (nSPS) is 11.5. The highest BCUT2D eigenvalue weighted by Crippen LogP contribution is 2.12. The van der Waals surface area contributed by atoms with Crippen LogP contribution in [-0.4, -0.2) is 24.4 Å². The third kappa shape index (κ3) is 4.81. The molecular formula is C12H18O3. The molecular weight excluding hydrogens is 192 g/mol. The summed E-state index contributed by atoms with van der Waals surface area (Å²) in [5.74, 6) is 0.834. The first kappa shape index (κ1) is 12.0. The zero-order chi connectivity index (χ0) is 11.3. The van der Waals surface area contributed by atoms with Crippen LogP contribution in [0.1, 0.15) is 19.4 Å². The van der Waals surface area contributed by atoms with Gasteiger partial charge in [-0.05, 0) is 31.5 Å². The first-order chi connectivity index (χ1) is 7.01. The number of methoxy groups -OCH3 is 1. The highest BCUT2D eigenvalue weighted by atomic mass is 16.5. The van der Waals surface area contributed by atoms with Crippen molar-refractivity contribution in [3.05, 3.63) is 29.8 Å². The highest BCUT2D eigenvalue weighted by Gasteiger charge is 2.11. The quantitative estimate of drug-likeness (QED) is 0.807. The molecule has 0 saturated carbocycles. The molecule has 1 aromatic carbocycles. The molecule has 1 N–H and O–H groups in total. The maximum atomic E-state index is 9.43. The molecule has 1 rings (SSSR count). The van der Waals surface area contributed by atoms with Crippen molar-refractivity contribution in [2.75, 3.05) is 13.7 Å². The Bertz CT molecular complexity index is 285. The Labute approximate surface area is 90.6 Å². The Hall–Kier alpha value is -1.06. The maximum Gasteiger partial charge on any atom is 0.118 e. The van der Waals surface area contributed by atoms with Gasteiger partial charge in [-0.25, -0.2) is 0 Å². The first-order valence-corrected chi connectivity index (χ1v) is 4.94. The number of hydrogen-bond acceptors (Lipinski definition) is 3. The molecule has 0 amide bonds.